The van der Waals surface area contributed by atoms with Crippen molar-refractivity contribution in [1.82, 2.24) is 10.6 Å². The molecule has 0 bridgehead atoms. The van der Waals surface area contributed by atoms with Gasteiger partial charge in [0, 0.05) is 12.1 Å². The molecule has 0 aliphatic carbocycles. The van der Waals surface area contributed by atoms with Gasteiger partial charge in [0.1, 0.15) is 12.1 Å². The zero-order valence-corrected chi connectivity index (χ0v) is 19.4. The van der Waals surface area contributed by atoms with Gasteiger partial charge < -0.3 is 31.5 Å². The SMILES string of the molecule is C=C/C=C(\C)C1CO1.CCN.O=CNc1ccc(CC(NC(=O)C2CCCN2)C(=O)O)cc1. The number of anilines is 1. The Morgan fingerprint density at radius 3 is 2.45 bits per heavy atom. The van der Waals surface area contributed by atoms with Gasteiger partial charge >= 0.3 is 5.97 Å². The van der Waals surface area contributed by atoms with Gasteiger partial charge in [-0.3, -0.25) is 9.59 Å². The highest BCUT2D eigenvalue weighted by atomic mass is 16.6. The number of ether oxygens (including phenoxy) is 1. The average molecular weight is 461 g/mol. The Morgan fingerprint density at radius 2 is 2.00 bits per heavy atom. The Labute approximate surface area is 195 Å². The summed E-state index contributed by atoms with van der Waals surface area (Å²) in [4.78, 5) is 33.7. The molecule has 0 saturated carbocycles. The third kappa shape index (κ3) is 11.4. The number of amides is 2. The maximum Gasteiger partial charge on any atom is 0.326 e. The zero-order chi connectivity index (χ0) is 24.6. The summed E-state index contributed by atoms with van der Waals surface area (Å²) >= 11 is 0. The molecular formula is C24H36N4O5. The molecule has 1 aromatic rings. The van der Waals surface area contributed by atoms with Crippen LogP contribution in [0.15, 0.2) is 48.6 Å². The first-order valence-electron chi connectivity index (χ1n) is 11.0. The highest BCUT2D eigenvalue weighted by molar-refractivity contribution is 5.87. The summed E-state index contributed by atoms with van der Waals surface area (Å²) in [5.41, 5.74) is 7.52. The summed E-state index contributed by atoms with van der Waals surface area (Å²) in [7, 11) is 0. The molecular weight excluding hydrogens is 424 g/mol. The quantitative estimate of drug-likeness (QED) is 0.214. The van der Waals surface area contributed by atoms with E-state index in [0.29, 0.717) is 18.2 Å². The van der Waals surface area contributed by atoms with E-state index >= 15 is 0 Å². The van der Waals surface area contributed by atoms with Gasteiger partial charge in [-0.15, -0.1) is 0 Å². The van der Waals surface area contributed by atoms with Crippen molar-refractivity contribution in [2.45, 2.75) is 51.3 Å². The maximum absolute atomic E-state index is 12.0. The second kappa shape index (κ2) is 15.7. The number of hydrogen-bond acceptors (Lipinski definition) is 6. The van der Waals surface area contributed by atoms with Crippen LogP contribution in [0.3, 0.4) is 0 Å². The molecule has 2 aliphatic rings. The minimum absolute atomic E-state index is 0.190. The minimum atomic E-state index is -1.07. The fourth-order valence-electron chi connectivity index (χ4n) is 3.03. The van der Waals surface area contributed by atoms with Crippen molar-refractivity contribution in [1.29, 1.82) is 0 Å². The van der Waals surface area contributed by atoms with Crippen molar-refractivity contribution in [2.75, 3.05) is 25.0 Å². The van der Waals surface area contributed by atoms with E-state index in [0.717, 1.165) is 38.1 Å². The number of carboxylic acids is 1. The number of aliphatic carboxylic acids is 1. The second-order valence-electron chi connectivity index (χ2n) is 7.59. The molecule has 2 amide bonds. The number of carbonyl (C=O) groups excluding carboxylic acids is 2. The van der Waals surface area contributed by atoms with Crippen LogP contribution in [0.4, 0.5) is 5.69 Å². The summed E-state index contributed by atoms with van der Waals surface area (Å²) < 4.78 is 5.01. The van der Waals surface area contributed by atoms with Crippen LogP contribution in [0.25, 0.3) is 0 Å². The van der Waals surface area contributed by atoms with E-state index in [1.165, 1.54) is 5.57 Å². The zero-order valence-electron chi connectivity index (χ0n) is 19.4. The van der Waals surface area contributed by atoms with Gasteiger partial charge in [-0.25, -0.2) is 4.79 Å². The van der Waals surface area contributed by atoms with Crippen molar-refractivity contribution >= 4 is 24.0 Å². The number of carboxylic acid groups (broad SMARTS) is 1. The number of allylic oxidation sites excluding steroid dienone is 2. The van der Waals surface area contributed by atoms with E-state index in [1.54, 1.807) is 30.3 Å². The molecule has 0 radical (unpaired) electrons. The Bertz CT molecular complexity index is 785. The van der Waals surface area contributed by atoms with Crippen molar-refractivity contribution in [3.05, 3.63) is 54.1 Å². The average Bonchev–Trinajstić information content (AvgIpc) is 3.50. The Balaban J connectivity index is 0.000000409. The monoisotopic (exact) mass is 460 g/mol. The molecule has 9 heteroatoms. The van der Waals surface area contributed by atoms with Crippen molar-refractivity contribution in [2.24, 2.45) is 5.73 Å². The lowest BCUT2D eigenvalue weighted by atomic mass is 10.0. The van der Waals surface area contributed by atoms with E-state index in [1.807, 2.05) is 13.0 Å². The number of carbonyl (C=O) groups is 3. The minimum Gasteiger partial charge on any atom is -0.480 e. The fraction of sp³-hybridized carbons (Fsp3) is 0.458. The van der Waals surface area contributed by atoms with Gasteiger partial charge in [0.15, 0.2) is 0 Å². The van der Waals surface area contributed by atoms with Crippen LogP contribution in [0.5, 0.6) is 0 Å². The summed E-state index contributed by atoms with van der Waals surface area (Å²) in [5.74, 6) is -1.34. The number of rotatable bonds is 9. The van der Waals surface area contributed by atoms with E-state index < -0.39 is 12.0 Å². The molecule has 2 heterocycles. The first kappa shape index (κ1) is 28.0. The highest BCUT2D eigenvalue weighted by Gasteiger charge is 2.27. The highest BCUT2D eigenvalue weighted by Crippen LogP contribution is 2.18. The van der Waals surface area contributed by atoms with Crippen LogP contribution in [0.1, 0.15) is 32.3 Å². The van der Waals surface area contributed by atoms with Gasteiger partial charge in [0.05, 0.1) is 12.6 Å². The predicted octanol–water partition coefficient (Wildman–Crippen LogP) is 1.60. The van der Waals surface area contributed by atoms with Crippen LogP contribution >= 0.6 is 0 Å². The molecule has 9 nitrogen and oxygen atoms in total. The summed E-state index contributed by atoms with van der Waals surface area (Å²) in [6.45, 7) is 9.96. The molecule has 2 fully saturated rings. The number of benzene rings is 1. The van der Waals surface area contributed by atoms with Crippen molar-refractivity contribution in [3.63, 3.8) is 0 Å². The Morgan fingerprint density at radius 1 is 1.36 bits per heavy atom. The molecule has 33 heavy (non-hydrogen) atoms. The van der Waals surface area contributed by atoms with E-state index in [9.17, 15) is 19.5 Å². The van der Waals surface area contributed by atoms with E-state index in [2.05, 4.69) is 29.5 Å². The van der Waals surface area contributed by atoms with Crippen LogP contribution in [0.2, 0.25) is 0 Å². The molecule has 0 spiro atoms. The molecule has 1 aromatic carbocycles. The third-order valence-electron chi connectivity index (χ3n) is 4.83. The van der Waals surface area contributed by atoms with Gasteiger partial charge in [0.2, 0.25) is 12.3 Å². The van der Waals surface area contributed by atoms with Gasteiger partial charge in [0.25, 0.3) is 0 Å². The molecule has 0 aromatic heterocycles. The van der Waals surface area contributed by atoms with Gasteiger partial charge in [-0.2, -0.15) is 0 Å². The number of epoxide rings is 1. The molecule has 6 N–H and O–H groups in total. The van der Waals surface area contributed by atoms with Crippen LogP contribution in [-0.2, 0) is 25.5 Å². The lowest BCUT2D eigenvalue weighted by Gasteiger charge is -2.17. The van der Waals surface area contributed by atoms with E-state index in [-0.39, 0.29) is 18.4 Å². The van der Waals surface area contributed by atoms with Gasteiger partial charge in [-0.1, -0.05) is 37.8 Å². The summed E-state index contributed by atoms with van der Waals surface area (Å²) in [6, 6.07) is 5.54. The topological polar surface area (TPSA) is 146 Å². The molecule has 2 saturated heterocycles. The second-order valence-corrected chi connectivity index (χ2v) is 7.59. The smallest absolute Gasteiger partial charge is 0.326 e. The molecule has 3 unspecified atom stereocenters. The molecule has 3 rings (SSSR count). The van der Waals surface area contributed by atoms with Gasteiger partial charge in [-0.05, 0) is 56.1 Å². The molecule has 3 atom stereocenters. The Kier molecular flexibility index (Phi) is 13.4. The molecule has 2 aliphatic heterocycles. The van der Waals surface area contributed by atoms with Crippen molar-refractivity contribution in [3.8, 4) is 0 Å². The van der Waals surface area contributed by atoms with Crippen LogP contribution in [-0.4, -0.2) is 61.3 Å². The normalized spacial score (nSPS) is 19.5. The maximum atomic E-state index is 12.0. The first-order valence-corrected chi connectivity index (χ1v) is 11.0. The van der Waals surface area contributed by atoms with Crippen LogP contribution < -0.4 is 21.7 Å². The summed E-state index contributed by atoms with van der Waals surface area (Å²) in [6.07, 6.45) is 6.59. The Hall–Kier alpha value is -3.01. The van der Waals surface area contributed by atoms with Crippen molar-refractivity contribution < 1.29 is 24.2 Å². The number of hydrogen-bond donors (Lipinski definition) is 5. The van der Waals surface area contributed by atoms with E-state index in [4.69, 9.17) is 10.5 Å². The lowest BCUT2D eigenvalue weighted by Crippen LogP contribution is -2.49. The standard InChI is InChI=1S/C15H19N3O4.C7H10O.C2H7N/c19-9-17-11-5-3-10(4-6-11)8-13(15(21)22)18-14(20)12-2-1-7-16-12;1-3-4-6(2)7-5-8-7;1-2-3/h3-6,9,12-13,16H,1-2,7-8H2,(H,17,19)(H,18,20)(H,21,22);3-4,7H,1,5H2,2H3;2-3H2,1H3/b;6-4+;. The lowest BCUT2D eigenvalue weighted by molar-refractivity contribution is -0.142. The first-order chi connectivity index (χ1) is 15.9. The third-order valence-corrected chi connectivity index (χ3v) is 4.83. The molecule has 182 valence electrons. The number of nitrogens with two attached hydrogens (primary N) is 1. The van der Waals surface area contributed by atoms with Crippen LogP contribution in [0, 0.1) is 0 Å². The fourth-order valence-corrected chi connectivity index (χ4v) is 3.03. The largest absolute Gasteiger partial charge is 0.480 e. The predicted molar refractivity (Wildman–Crippen MR) is 129 cm³/mol. The summed E-state index contributed by atoms with van der Waals surface area (Å²) in [5, 5.41) is 17.4. The number of nitrogens with one attached hydrogen (secondary N) is 3.